The molecule has 0 saturated carbocycles. The van der Waals surface area contributed by atoms with Crippen LogP contribution in [0.5, 0.6) is 0 Å². The van der Waals surface area contributed by atoms with E-state index in [0.29, 0.717) is 0 Å². The SMILES string of the molecule is Cc1ccccc(C)c(-c2ccc3c(-c4ccc(-c5ccc6ccccc6c5)cc4)c4ccccc4c(-c4ccc(-c5ccc6ccccc6c5)cc4)c3c2)c2ccccc2c1-c1ccc(-c2nc3ccccc3n2-c2ccccc2)cc1. The molecule has 0 aliphatic heterocycles. The Labute approximate surface area is 483 Å². The molecule has 15 rings (SSSR count). The van der Waals surface area contributed by atoms with Crippen LogP contribution < -0.4 is 0 Å². The van der Waals surface area contributed by atoms with E-state index in [4.69, 9.17) is 4.98 Å². The number of hydrogen-bond donors (Lipinski definition) is 0. The first kappa shape index (κ1) is 49.4. The molecule has 83 heavy (non-hydrogen) atoms. The molecule has 0 atom stereocenters. The quantitative estimate of drug-likeness (QED) is 0.139. The standard InChI is InChI=1S/C81H56N2/c1-53-18-6-7-19-54(2)78(70-27-13-12-26-69(70)77(53)59-42-44-62(45-43-59)81-82-75-30-16-17-31-76(75)83(81)68-24-4-3-5-25-68)67-48-49-73-74(52-67)80(61-40-34-58(35-41-61)66-47-37-56-21-9-11-23-64(56)51-66)72-29-15-14-28-71(72)79(73)60-38-32-57(33-39-60)65-46-36-55-20-8-10-22-63(55)50-65/h3-52H,1-2H3. The van der Waals surface area contributed by atoms with Crippen LogP contribution in [0.2, 0.25) is 0 Å². The van der Waals surface area contributed by atoms with Gasteiger partial charge in [0.2, 0.25) is 0 Å². The maximum absolute atomic E-state index is 5.22. The number of rotatable bonds is 8. The Balaban J connectivity index is 0.927. The van der Waals surface area contributed by atoms with E-state index < -0.39 is 0 Å². The molecule has 0 fully saturated rings. The van der Waals surface area contributed by atoms with Crippen LogP contribution in [0, 0.1) is 13.8 Å². The molecule has 15 aromatic rings. The lowest BCUT2D eigenvalue weighted by atomic mass is 9.83. The number of benzene rings is 13. The summed E-state index contributed by atoms with van der Waals surface area (Å²) in [7, 11) is 0. The molecule has 14 aromatic carbocycles. The smallest absolute Gasteiger partial charge is 0.145 e. The van der Waals surface area contributed by atoms with Crippen molar-refractivity contribution >= 4 is 64.9 Å². The van der Waals surface area contributed by atoms with Crippen LogP contribution in [0.25, 0.3) is 149 Å². The maximum atomic E-state index is 5.22. The van der Waals surface area contributed by atoms with E-state index >= 15 is 0 Å². The van der Waals surface area contributed by atoms with Crippen molar-refractivity contribution in [3.63, 3.8) is 0 Å². The van der Waals surface area contributed by atoms with Crippen LogP contribution >= 0.6 is 0 Å². The van der Waals surface area contributed by atoms with Gasteiger partial charge in [-0.3, -0.25) is 4.57 Å². The van der Waals surface area contributed by atoms with Crippen molar-refractivity contribution in [1.29, 1.82) is 0 Å². The Morgan fingerprint density at radius 1 is 0.241 bits per heavy atom. The molecule has 390 valence electrons. The highest BCUT2D eigenvalue weighted by molar-refractivity contribution is 6.22. The van der Waals surface area contributed by atoms with E-state index in [-0.39, 0.29) is 0 Å². The maximum Gasteiger partial charge on any atom is 0.145 e. The molecule has 0 N–H and O–H groups in total. The molecule has 0 bridgehead atoms. The Bertz CT molecular complexity index is 5070. The van der Waals surface area contributed by atoms with Gasteiger partial charge in [0.25, 0.3) is 0 Å². The lowest BCUT2D eigenvalue weighted by Gasteiger charge is -2.20. The lowest BCUT2D eigenvalue weighted by Crippen LogP contribution is -1.97. The first-order valence-corrected chi connectivity index (χ1v) is 28.7. The van der Waals surface area contributed by atoms with Gasteiger partial charge in [0.1, 0.15) is 5.82 Å². The zero-order valence-corrected chi connectivity index (χ0v) is 46.3. The van der Waals surface area contributed by atoms with Crippen molar-refractivity contribution in [2.45, 2.75) is 13.8 Å². The fourth-order valence-electron chi connectivity index (χ4n) is 12.9. The van der Waals surface area contributed by atoms with E-state index in [1.165, 1.54) is 121 Å². The normalized spacial score (nSPS) is 11.5. The summed E-state index contributed by atoms with van der Waals surface area (Å²) in [5, 5.41) is 12.2. The van der Waals surface area contributed by atoms with Crippen LogP contribution in [0.15, 0.2) is 303 Å². The summed E-state index contributed by atoms with van der Waals surface area (Å²) in [6.07, 6.45) is 0. The van der Waals surface area contributed by atoms with Gasteiger partial charge in [-0.1, -0.05) is 261 Å². The minimum atomic E-state index is 0.914. The fraction of sp³-hybridized carbons (Fsp3) is 0.0247. The van der Waals surface area contributed by atoms with Crippen molar-refractivity contribution in [3.8, 4) is 83.8 Å². The zero-order valence-electron chi connectivity index (χ0n) is 46.3. The Hall–Kier alpha value is -10.7. The van der Waals surface area contributed by atoms with E-state index in [0.717, 1.165) is 39.2 Å². The monoisotopic (exact) mass is 1060 g/mol. The van der Waals surface area contributed by atoms with Gasteiger partial charge in [-0.05, 0) is 188 Å². The van der Waals surface area contributed by atoms with Gasteiger partial charge in [0.05, 0.1) is 11.0 Å². The molecule has 0 amide bonds. The third kappa shape index (κ3) is 8.89. The predicted octanol–water partition coefficient (Wildman–Crippen LogP) is 22.2. The van der Waals surface area contributed by atoms with Crippen molar-refractivity contribution in [2.24, 2.45) is 0 Å². The van der Waals surface area contributed by atoms with Crippen LogP contribution in [0.4, 0.5) is 0 Å². The lowest BCUT2D eigenvalue weighted by molar-refractivity contribution is 1.10. The number of fused-ring (bicyclic) bond motifs is 6. The third-order valence-electron chi connectivity index (χ3n) is 16.9. The molecule has 0 unspecified atom stereocenters. The highest BCUT2D eigenvalue weighted by atomic mass is 15.1. The molecule has 2 nitrogen and oxygen atoms in total. The summed E-state index contributed by atoms with van der Waals surface area (Å²) in [4.78, 5) is 5.22. The summed E-state index contributed by atoms with van der Waals surface area (Å²) >= 11 is 0. The van der Waals surface area contributed by atoms with Gasteiger partial charge in [-0.15, -0.1) is 0 Å². The highest BCUT2D eigenvalue weighted by Crippen LogP contribution is 2.47. The van der Waals surface area contributed by atoms with Gasteiger partial charge in [-0.25, -0.2) is 4.98 Å². The molecular formula is C81H56N2. The summed E-state index contributed by atoms with van der Waals surface area (Å²) in [5.41, 5.74) is 20.9. The van der Waals surface area contributed by atoms with Crippen molar-refractivity contribution in [3.05, 3.63) is 314 Å². The average molecular weight is 1060 g/mol. The second-order valence-corrected chi connectivity index (χ2v) is 21.9. The number of nitrogens with zero attached hydrogens (tertiary/aromatic N) is 2. The first-order valence-electron chi connectivity index (χ1n) is 28.7. The summed E-state index contributed by atoms with van der Waals surface area (Å²) in [6, 6.07) is 111. The van der Waals surface area contributed by atoms with Gasteiger partial charge in [0, 0.05) is 11.3 Å². The molecular weight excluding hydrogens is 1000 g/mol. The summed E-state index contributed by atoms with van der Waals surface area (Å²) in [5.74, 6) is 0.914. The Morgan fingerprint density at radius 3 is 1.17 bits per heavy atom. The van der Waals surface area contributed by atoms with Crippen molar-refractivity contribution in [2.75, 3.05) is 0 Å². The van der Waals surface area contributed by atoms with Gasteiger partial charge < -0.3 is 0 Å². The van der Waals surface area contributed by atoms with Gasteiger partial charge in [0.15, 0.2) is 0 Å². The minimum Gasteiger partial charge on any atom is -0.292 e. The highest BCUT2D eigenvalue weighted by Gasteiger charge is 2.21. The summed E-state index contributed by atoms with van der Waals surface area (Å²) < 4.78 is 2.27. The first-order chi connectivity index (χ1) is 41.0. The molecule has 0 spiro atoms. The molecule has 0 radical (unpaired) electrons. The van der Waals surface area contributed by atoms with E-state index in [1.54, 1.807) is 0 Å². The third-order valence-corrected chi connectivity index (χ3v) is 16.9. The molecule has 0 aliphatic rings. The molecule has 1 heterocycles. The topological polar surface area (TPSA) is 17.8 Å². The molecule has 1 aromatic heterocycles. The van der Waals surface area contributed by atoms with Crippen LogP contribution in [0.3, 0.4) is 0 Å². The number of aromatic nitrogens is 2. The molecule has 2 heteroatoms. The number of hydrogen-bond acceptors (Lipinski definition) is 1. The number of para-hydroxylation sites is 3. The fourth-order valence-corrected chi connectivity index (χ4v) is 12.9. The van der Waals surface area contributed by atoms with Gasteiger partial charge in [-0.2, -0.15) is 0 Å². The van der Waals surface area contributed by atoms with E-state index in [1.807, 2.05) is 0 Å². The van der Waals surface area contributed by atoms with Crippen LogP contribution in [-0.4, -0.2) is 9.55 Å². The Morgan fingerprint density at radius 2 is 0.614 bits per heavy atom. The van der Waals surface area contributed by atoms with Crippen molar-refractivity contribution < 1.29 is 0 Å². The second kappa shape index (κ2) is 20.8. The van der Waals surface area contributed by atoms with Crippen molar-refractivity contribution in [1.82, 2.24) is 9.55 Å². The molecule has 0 saturated heterocycles. The van der Waals surface area contributed by atoms with E-state index in [2.05, 4.69) is 322 Å². The average Bonchev–Trinajstić information content (AvgIpc) is 3.92. The zero-order chi connectivity index (χ0) is 55.4. The summed E-state index contributed by atoms with van der Waals surface area (Å²) in [6.45, 7) is 4.51. The minimum absolute atomic E-state index is 0.914. The Kier molecular flexibility index (Phi) is 12.4. The second-order valence-electron chi connectivity index (χ2n) is 21.9. The molecule has 0 aliphatic carbocycles. The van der Waals surface area contributed by atoms with Gasteiger partial charge >= 0.3 is 0 Å². The van der Waals surface area contributed by atoms with E-state index in [9.17, 15) is 0 Å². The number of aryl methyl sites for hydroxylation is 2. The largest absolute Gasteiger partial charge is 0.292 e. The van der Waals surface area contributed by atoms with Crippen LogP contribution in [-0.2, 0) is 0 Å². The number of imidazole rings is 1. The predicted molar refractivity (Wildman–Crippen MR) is 354 cm³/mol. The van der Waals surface area contributed by atoms with Crippen LogP contribution in [0.1, 0.15) is 11.1 Å².